The van der Waals surface area contributed by atoms with E-state index >= 15 is 0 Å². The molecule has 1 aliphatic carbocycles. The second-order valence-corrected chi connectivity index (χ2v) is 4.18. The molecule has 16 heavy (non-hydrogen) atoms. The number of carbonyl (C=O) groups is 1. The van der Waals surface area contributed by atoms with Crippen molar-refractivity contribution in [3.05, 3.63) is 23.9 Å². The first kappa shape index (κ1) is 11.1. The van der Waals surface area contributed by atoms with E-state index in [0.29, 0.717) is 18.3 Å². The molecule has 0 spiro atoms. The van der Waals surface area contributed by atoms with Crippen molar-refractivity contribution in [2.75, 3.05) is 18.5 Å². The van der Waals surface area contributed by atoms with Crippen LogP contribution < -0.4 is 5.32 Å². The summed E-state index contributed by atoms with van der Waals surface area (Å²) >= 11 is 0. The Bertz CT molecular complexity index is 375. The van der Waals surface area contributed by atoms with Crippen LogP contribution in [0.5, 0.6) is 0 Å². The van der Waals surface area contributed by atoms with E-state index in [1.165, 1.54) is 12.8 Å². The van der Waals surface area contributed by atoms with Gasteiger partial charge in [-0.1, -0.05) is 6.07 Å². The van der Waals surface area contributed by atoms with Crippen LogP contribution in [0, 0.1) is 12.8 Å². The number of aromatic nitrogens is 1. The monoisotopic (exact) mass is 220 g/mol. The van der Waals surface area contributed by atoms with Crippen LogP contribution in [0.2, 0.25) is 0 Å². The minimum absolute atomic E-state index is 0.118. The topological polar surface area (TPSA) is 51.2 Å². The molecule has 1 fully saturated rings. The molecule has 0 aromatic carbocycles. The van der Waals surface area contributed by atoms with Crippen LogP contribution in [0.4, 0.5) is 5.82 Å². The van der Waals surface area contributed by atoms with Crippen LogP contribution in [-0.2, 0) is 9.53 Å². The number of nitrogens with one attached hydrogen (secondary N) is 1. The quantitative estimate of drug-likeness (QED) is 0.822. The van der Waals surface area contributed by atoms with E-state index in [1.54, 1.807) is 6.20 Å². The Morgan fingerprint density at radius 1 is 1.62 bits per heavy atom. The minimum Gasteiger partial charge on any atom is -0.371 e. The second kappa shape index (κ2) is 5.07. The third kappa shape index (κ3) is 3.31. The standard InChI is InChI=1S/C12H16N2O2/c1-9-3-2-6-13-12(9)14-11(15)8-16-7-10-4-5-10/h2-3,6,10H,4-5,7-8H2,1H3,(H,13,14,15). The van der Waals surface area contributed by atoms with E-state index in [9.17, 15) is 4.79 Å². The fraction of sp³-hybridized carbons (Fsp3) is 0.500. The summed E-state index contributed by atoms with van der Waals surface area (Å²) in [5.74, 6) is 1.16. The summed E-state index contributed by atoms with van der Waals surface area (Å²) in [6, 6.07) is 3.75. The van der Waals surface area contributed by atoms with Gasteiger partial charge in [-0.3, -0.25) is 4.79 Å². The molecule has 4 nitrogen and oxygen atoms in total. The highest BCUT2D eigenvalue weighted by atomic mass is 16.5. The molecule has 1 N–H and O–H groups in total. The van der Waals surface area contributed by atoms with Gasteiger partial charge in [0.2, 0.25) is 0 Å². The van der Waals surface area contributed by atoms with Crippen molar-refractivity contribution < 1.29 is 9.53 Å². The number of amides is 1. The second-order valence-electron chi connectivity index (χ2n) is 4.18. The first-order chi connectivity index (χ1) is 7.75. The maximum atomic E-state index is 11.5. The lowest BCUT2D eigenvalue weighted by atomic mass is 10.3. The Hall–Kier alpha value is -1.42. The Morgan fingerprint density at radius 3 is 3.12 bits per heavy atom. The summed E-state index contributed by atoms with van der Waals surface area (Å²) in [7, 11) is 0. The predicted molar refractivity (Wildman–Crippen MR) is 61.1 cm³/mol. The van der Waals surface area contributed by atoms with Crippen LogP contribution >= 0.6 is 0 Å². The van der Waals surface area contributed by atoms with Crippen molar-refractivity contribution in [2.24, 2.45) is 5.92 Å². The van der Waals surface area contributed by atoms with Gasteiger partial charge in [-0.25, -0.2) is 4.98 Å². The number of nitrogens with zero attached hydrogens (tertiary/aromatic N) is 1. The Labute approximate surface area is 95.0 Å². The van der Waals surface area contributed by atoms with E-state index in [-0.39, 0.29) is 12.5 Å². The van der Waals surface area contributed by atoms with Crippen LogP contribution in [0.15, 0.2) is 18.3 Å². The van der Waals surface area contributed by atoms with Crippen molar-refractivity contribution in [2.45, 2.75) is 19.8 Å². The summed E-state index contributed by atoms with van der Waals surface area (Å²) in [5, 5.41) is 2.73. The maximum absolute atomic E-state index is 11.5. The van der Waals surface area contributed by atoms with E-state index < -0.39 is 0 Å². The molecule has 1 heterocycles. The fourth-order valence-electron chi connectivity index (χ4n) is 1.39. The zero-order chi connectivity index (χ0) is 11.4. The van der Waals surface area contributed by atoms with Crippen LogP contribution in [-0.4, -0.2) is 24.1 Å². The molecule has 0 radical (unpaired) electrons. The Morgan fingerprint density at radius 2 is 2.44 bits per heavy atom. The first-order valence-corrected chi connectivity index (χ1v) is 5.55. The third-order valence-electron chi connectivity index (χ3n) is 2.55. The average Bonchev–Trinajstić information content (AvgIpc) is 3.05. The highest BCUT2D eigenvalue weighted by Gasteiger charge is 2.21. The van der Waals surface area contributed by atoms with Gasteiger partial charge in [-0.05, 0) is 37.3 Å². The lowest BCUT2D eigenvalue weighted by Crippen LogP contribution is -2.20. The van der Waals surface area contributed by atoms with E-state index in [1.807, 2.05) is 19.1 Å². The first-order valence-electron chi connectivity index (χ1n) is 5.55. The van der Waals surface area contributed by atoms with Gasteiger partial charge in [0.25, 0.3) is 5.91 Å². The Kier molecular flexibility index (Phi) is 3.51. The number of pyridine rings is 1. The van der Waals surface area contributed by atoms with Crippen molar-refractivity contribution in [3.63, 3.8) is 0 Å². The predicted octanol–water partition coefficient (Wildman–Crippen LogP) is 1.76. The van der Waals surface area contributed by atoms with Gasteiger partial charge in [0.05, 0.1) is 6.61 Å². The van der Waals surface area contributed by atoms with Crippen molar-refractivity contribution in [1.29, 1.82) is 0 Å². The van der Waals surface area contributed by atoms with Gasteiger partial charge in [0.15, 0.2) is 0 Å². The van der Waals surface area contributed by atoms with Crippen LogP contribution in [0.3, 0.4) is 0 Å². The molecular weight excluding hydrogens is 204 g/mol. The highest BCUT2D eigenvalue weighted by Crippen LogP contribution is 2.28. The number of rotatable bonds is 5. The SMILES string of the molecule is Cc1cccnc1NC(=O)COCC1CC1. The number of anilines is 1. The third-order valence-corrected chi connectivity index (χ3v) is 2.55. The summed E-state index contributed by atoms with van der Waals surface area (Å²) in [5.41, 5.74) is 0.957. The van der Waals surface area contributed by atoms with E-state index in [2.05, 4.69) is 10.3 Å². The molecule has 1 aromatic heterocycles. The van der Waals surface area contributed by atoms with Crippen molar-refractivity contribution in [3.8, 4) is 0 Å². The minimum atomic E-state index is -0.137. The number of carbonyl (C=O) groups excluding carboxylic acids is 1. The zero-order valence-corrected chi connectivity index (χ0v) is 9.40. The molecule has 0 saturated heterocycles. The van der Waals surface area contributed by atoms with Gasteiger partial charge < -0.3 is 10.1 Å². The summed E-state index contributed by atoms with van der Waals surface area (Å²) in [4.78, 5) is 15.6. The molecule has 1 aromatic rings. The normalized spacial score (nSPS) is 14.8. The lowest BCUT2D eigenvalue weighted by Gasteiger charge is -2.07. The molecule has 1 amide bonds. The van der Waals surface area contributed by atoms with Gasteiger partial charge in [0.1, 0.15) is 12.4 Å². The maximum Gasteiger partial charge on any atom is 0.251 e. The molecule has 86 valence electrons. The largest absolute Gasteiger partial charge is 0.371 e. The van der Waals surface area contributed by atoms with Gasteiger partial charge in [-0.15, -0.1) is 0 Å². The molecule has 1 aliphatic rings. The molecule has 1 saturated carbocycles. The van der Waals surface area contributed by atoms with Crippen molar-refractivity contribution in [1.82, 2.24) is 4.98 Å². The Balaban J connectivity index is 1.75. The lowest BCUT2D eigenvalue weighted by molar-refractivity contribution is -0.120. The van der Waals surface area contributed by atoms with Crippen LogP contribution in [0.1, 0.15) is 18.4 Å². The molecule has 0 atom stereocenters. The van der Waals surface area contributed by atoms with Gasteiger partial charge >= 0.3 is 0 Å². The van der Waals surface area contributed by atoms with Crippen LogP contribution in [0.25, 0.3) is 0 Å². The molecule has 2 rings (SSSR count). The number of ether oxygens (including phenoxy) is 1. The summed E-state index contributed by atoms with van der Waals surface area (Å²) in [6.45, 7) is 2.73. The van der Waals surface area contributed by atoms with E-state index in [4.69, 9.17) is 4.74 Å². The zero-order valence-electron chi connectivity index (χ0n) is 9.40. The van der Waals surface area contributed by atoms with E-state index in [0.717, 1.165) is 5.56 Å². The molecular formula is C12H16N2O2. The number of hydrogen-bond donors (Lipinski definition) is 1. The fourth-order valence-corrected chi connectivity index (χ4v) is 1.39. The number of aryl methyl sites for hydroxylation is 1. The summed E-state index contributed by atoms with van der Waals surface area (Å²) < 4.78 is 5.29. The van der Waals surface area contributed by atoms with Gasteiger partial charge in [0, 0.05) is 6.20 Å². The molecule has 0 unspecified atom stereocenters. The molecule has 4 heteroatoms. The smallest absolute Gasteiger partial charge is 0.251 e. The van der Waals surface area contributed by atoms with Gasteiger partial charge in [-0.2, -0.15) is 0 Å². The molecule has 0 bridgehead atoms. The summed E-state index contributed by atoms with van der Waals surface area (Å²) in [6.07, 6.45) is 4.13. The highest BCUT2D eigenvalue weighted by molar-refractivity contribution is 5.91. The van der Waals surface area contributed by atoms with Crippen molar-refractivity contribution >= 4 is 11.7 Å². The number of hydrogen-bond acceptors (Lipinski definition) is 3. The average molecular weight is 220 g/mol. The molecule has 0 aliphatic heterocycles.